The van der Waals surface area contributed by atoms with Crippen LogP contribution in [0.25, 0.3) is 21.7 Å². The summed E-state index contributed by atoms with van der Waals surface area (Å²) in [6.07, 6.45) is 2.72. The lowest BCUT2D eigenvalue weighted by atomic mass is 10.0. The van der Waals surface area contributed by atoms with Crippen molar-refractivity contribution in [1.29, 1.82) is 0 Å². The number of hydrogen-bond acceptors (Lipinski definition) is 4. The second kappa shape index (κ2) is 7.51. The lowest BCUT2D eigenvalue weighted by Crippen LogP contribution is -2.27. The maximum absolute atomic E-state index is 12.5. The molecule has 146 valence electrons. The fraction of sp³-hybridized carbons (Fsp3) is 0.208. The van der Waals surface area contributed by atoms with Gasteiger partial charge in [0, 0.05) is 17.5 Å². The molecule has 5 heteroatoms. The number of benzene rings is 3. The highest BCUT2D eigenvalue weighted by atomic mass is 16.6. The van der Waals surface area contributed by atoms with Crippen molar-refractivity contribution in [3.8, 4) is 11.5 Å². The van der Waals surface area contributed by atoms with Gasteiger partial charge in [0.05, 0.1) is 12.7 Å². The Morgan fingerprint density at radius 1 is 0.966 bits per heavy atom. The highest BCUT2D eigenvalue weighted by molar-refractivity contribution is 6.08. The van der Waals surface area contributed by atoms with Crippen LogP contribution in [0.15, 0.2) is 65.3 Å². The number of rotatable bonds is 5. The van der Waals surface area contributed by atoms with Crippen LogP contribution in [0, 0.1) is 0 Å². The van der Waals surface area contributed by atoms with E-state index in [9.17, 15) is 4.79 Å². The summed E-state index contributed by atoms with van der Waals surface area (Å²) >= 11 is 0. The van der Waals surface area contributed by atoms with Crippen LogP contribution in [0.3, 0.4) is 0 Å². The number of carbonyl (C=O) groups excluding carboxylic acids is 1. The van der Waals surface area contributed by atoms with Crippen LogP contribution in [0.2, 0.25) is 0 Å². The van der Waals surface area contributed by atoms with Gasteiger partial charge in [0.2, 0.25) is 5.91 Å². The van der Waals surface area contributed by atoms with Gasteiger partial charge in [0.15, 0.2) is 11.5 Å². The van der Waals surface area contributed by atoms with E-state index in [2.05, 4.69) is 17.4 Å². The van der Waals surface area contributed by atoms with E-state index in [0.29, 0.717) is 26.2 Å². The third-order valence-corrected chi connectivity index (χ3v) is 5.23. The Hall–Kier alpha value is -3.47. The van der Waals surface area contributed by atoms with E-state index in [4.69, 9.17) is 13.9 Å². The molecule has 5 rings (SSSR count). The van der Waals surface area contributed by atoms with Gasteiger partial charge in [-0.05, 0) is 41.0 Å². The van der Waals surface area contributed by atoms with E-state index in [1.165, 1.54) is 0 Å². The standard InChI is InChI=1S/C24H21NO4/c26-23(25-10-9-16-5-7-20-22(13-16)28-12-11-27-20)14-18-15-29-21-8-6-17-3-1-2-4-19(17)24(18)21/h1-8,13,15H,9-12,14H2,(H,25,26). The normalized spacial score (nSPS) is 13.0. The topological polar surface area (TPSA) is 60.7 Å². The summed E-state index contributed by atoms with van der Waals surface area (Å²) < 4.78 is 16.8. The number of carbonyl (C=O) groups is 1. The molecule has 1 aromatic heterocycles. The molecule has 0 saturated heterocycles. The lowest BCUT2D eigenvalue weighted by molar-refractivity contribution is -0.120. The monoisotopic (exact) mass is 387 g/mol. The van der Waals surface area contributed by atoms with Crippen LogP contribution >= 0.6 is 0 Å². The first-order chi connectivity index (χ1) is 14.3. The largest absolute Gasteiger partial charge is 0.486 e. The predicted molar refractivity (Wildman–Crippen MR) is 112 cm³/mol. The first-order valence-electron chi connectivity index (χ1n) is 9.81. The van der Waals surface area contributed by atoms with E-state index < -0.39 is 0 Å². The van der Waals surface area contributed by atoms with E-state index >= 15 is 0 Å². The molecule has 1 amide bonds. The van der Waals surface area contributed by atoms with E-state index in [-0.39, 0.29) is 5.91 Å². The zero-order chi connectivity index (χ0) is 19.6. The molecule has 5 nitrogen and oxygen atoms in total. The number of furan rings is 1. The zero-order valence-electron chi connectivity index (χ0n) is 15.9. The van der Waals surface area contributed by atoms with Gasteiger partial charge in [-0.3, -0.25) is 4.79 Å². The molecule has 4 aromatic rings. The van der Waals surface area contributed by atoms with Gasteiger partial charge in [-0.15, -0.1) is 0 Å². The van der Waals surface area contributed by atoms with Crippen LogP contribution in [0.5, 0.6) is 11.5 Å². The zero-order valence-corrected chi connectivity index (χ0v) is 15.9. The van der Waals surface area contributed by atoms with Gasteiger partial charge < -0.3 is 19.2 Å². The number of fused-ring (bicyclic) bond motifs is 4. The van der Waals surface area contributed by atoms with Gasteiger partial charge in [0.1, 0.15) is 18.8 Å². The summed E-state index contributed by atoms with van der Waals surface area (Å²) in [5.41, 5.74) is 2.82. The summed E-state index contributed by atoms with van der Waals surface area (Å²) in [5.74, 6) is 1.54. The van der Waals surface area contributed by atoms with E-state index in [0.717, 1.165) is 50.8 Å². The molecule has 1 aliphatic rings. The lowest BCUT2D eigenvalue weighted by Gasteiger charge is -2.18. The third-order valence-electron chi connectivity index (χ3n) is 5.23. The van der Waals surface area contributed by atoms with Gasteiger partial charge in [-0.2, -0.15) is 0 Å². The summed E-state index contributed by atoms with van der Waals surface area (Å²) in [4.78, 5) is 12.5. The van der Waals surface area contributed by atoms with Crippen molar-refractivity contribution in [3.05, 3.63) is 72.0 Å². The summed E-state index contributed by atoms with van der Waals surface area (Å²) in [7, 11) is 0. The molecule has 3 aromatic carbocycles. The highest BCUT2D eigenvalue weighted by Gasteiger charge is 2.14. The van der Waals surface area contributed by atoms with Crippen LogP contribution < -0.4 is 14.8 Å². The van der Waals surface area contributed by atoms with Crippen molar-refractivity contribution in [1.82, 2.24) is 5.32 Å². The Morgan fingerprint density at radius 3 is 2.76 bits per heavy atom. The van der Waals surface area contributed by atoms with Crippen molar-refractivity contribution in [2.45, 2.75) is 12.8 Å². The molecular formula is C24H21NO4. The molecule has 0 radical (unpaired) electrons. The summed E-state index contributed by atoms with van der Waals surface area (Å²) in [6.45, 7) is 1.72. The molecule has 29 heavy (non-hydrogen) atoms. The van der Waals surface area contributed by atoms with Crippen LogP contribution in [0.1, 0.15) is 11.1 Å². The maximum Gasteiger partial charge on any atom is 0.224 e. The molecule has 1 N–H and O–H groups in total. The van der Waals surface area contributed by atoms with E-state index in [1.807, 2.05) is 42.5 Å². The molecule has 0 aliphatic carbocycles. The van der Waals surface area contributed by atoms with Crippen LogP contribution in [0.4, 0.5) is 0 Å². The van der Waals surface area contributed by atoms with Crippen molar-refractivity contribution < 1.29 is 18.7 Å². The van der Waals surface area contributed by atoms with Gasteiger partial charge in [-0.25, -0.2) is 0 Å². The smallest absolute Gasteiger partial charge is 0.224 e. The minimum Gasteiger partial charge on any atom is -0.486 e. The average molecular weight is 387 g/mol. The molecule has 0 unspecified atom stereocenters. The van der Waals surface area contributed by atoms with Gasteiger partial charge in [-0.1, -0.05) is 36.4 Å². The second-order valence-corrected chi connectivity index (χ2v) is 7.18. The molecule has 0 fully saturated rings. The SMILES string of the molecule is O=C(Cc1coc2ccc3ccccc3c12)NCCc1ccc2c(c1)OCCO2. The molecule has 0 bridgehead atoms. The molecule has 0 atom stereocenters. The van der Waals surface area contributed by atoms with Gasteiger partial charge in [0.25, 0.3) is 0 Å². The molecule has 2 heterocycles. The Balaban J connectivity index is 1.25. The molecule has 0 spiro atoms. The Bertz CT molecular complexity index is 1190. The maximum atomic E-state index is 12.5. The van der Waals surface area contributed by atoms with Gasteiger partial charge >= 0.3 is 0 Å². The first kappa shape index (κ1) is 17.6. The Morgan fingerprint density at radius 2 is 1.83 bits per heavy atom. The highest BCUT2D eigenvalue weighted by Crippen LogP contribution is 2.31. The average Bonchev–Trinajstić information content (AvgIpc) is 3.17. The fourth-order valence-corrected chi connectivity index (χ4v) is 3.83. The predicted octanol–water partition coefficient (Wildman–Crippen LogP) is 4.26. The summed E-state index contributed by atoms with van der Waals surface area (Å²) in [5, 5.41) is 6.28. The fourth-order valence-electron chi connectivity index (χ4n) is 3.83. The molecular weight excluding hydrogens is 366 g/mol. The number of hydrogen-bond donors (Lipinski definition) is 1. The third kappa shape index (κ3) is 3.51. The van der Waals surface area contributed by atoms with E-state index in [1.54, 1.807) is 6.26 Å². The van der Waals surface area contributed by atoms with Crippen LogP contribution in [-0.2, 0) is 17.6 Å². The second-order valence-electron chi connectivity index (χ2n) is 7.18. The molecule has 0 saturated carbocycles. The quantitative estimate of drug-likeness (QED) is 0.556. The van der Waals surface area contributed by atoms with Crippen molar-refractivity contribution in [2.24, 2.45) is 0 Å². The van der Waals surface area contributed by atoms with Crippen molar-refractivity contribution in [2.75, 3.05) is 19.8 Å². The first-order valence-corrected chi connectivity index (χ1v) is 9.81. The van der Waals surface area contributed by atoms with Crippen LogP contribution in [-0.4, -0.2) is 25.7 Å². The number of ether oxygens (including phenoxy) is 2. The van der Waals surface area contributed by atoms with Crippen molar-refractivity contribution in [3.63, 3.8) is 0 Å². The Labute approximate surface area is 168 Å². The molecule has 1 aliphatic heterocycles. The number of nitrogens with one attached hydrogen (secondary N) is 1. The Kier molecular flexibility index (Phi) is 4.56. The minimum atomic E-state index is -0.0156. The van der Waals surface area contributed by atoms with Crippen molar-refractivity contribution >= 4 is 27.6 Å². The minimum absolute atomic E-state index is 0.0156. The number of amides is 1. The summed E-state index contributed by atoms with van der Waals surface area (Å²) in [6, 6.07) is 18.1.